The van der Waals surface area contributed by atoms with Crippen molar-refractivity contribution < 1.29 is 4.79 Å². The zero-order valence-electron chi connectivity index (χ0n) is 12.5. The lowest BCUT2D eigenvalue weighted by atomic mass is 10.1. The number of para-hydroxylation sites is 1. The van der Waals surface area contributed by atoms with Crippen molar-refractivity contribution in [2.75, 3.05) is 38.0 Å². The fourth-order valence-corrected chi connectivity index (χ4v) is 4.37. The van der Waals surface area contributed by atoms with Crippen molar-refractivity contribution in [1.29, 1.82) is 0 Å². The van der Waals surface area contributed by atoms with E-state index in [1.165, 1.54) is 30.7 Å². The number of carbonyl (C=O) groups is 1. The van der Waals surface area contributed by atoms with E-state index in [1.54, 1.807) is 0 Å². The molecule has 0 radical (unpaired) electrons. The van der Waals surface area contributed by atoms with Crippen LogP contribution in [-0.2, 0) is 4.79 Å². The Labute approximate surface area is 133 Å². The molecule has 2 fully saturated rings. The summed E-state index contributed by atoms with van der Waals surface area (Å²) < 4.78 is 1.11. The van der Waals surface area contributed by atoms with E-state index in [9.17, 15) is 4.79 Å². The van der Waals surface area contributed by atoms with Gasteiger partial charge in [-0.05, 0) is 31.5 Å². The van der Waals surface area contributed by atoms with Crippen molar-refractivity contribution in [3.63, 3.8) is 0 Å². The summed E-state index contributed by atoms with van der Waals surface area (Å²) in [6.45, 7) is 4.81. The lowest BCUT2D eigenvalue weighted by Crippen LogP contribution is -2.51. The van der Waals surface area contributed by atoms with E-state index in [0.29, 0.717) is 17.7 Å². The molecule has 0 spiro atoms. The zero-order valence-corrected chi connectivity index (χ0v) is 13.3. The third-order valence-electron chi connectivity index (χ3n) is 4.58. The normalized spacial score (nSPS) is 22.8. The number of piperazine rings is 1. The summed E-state index contributed by atoms with van der Waals surface area (Å²) >= 11 is 1.53. The second-order valence-electron chi connectivity index (χ2n) is 6.10. The minimum atomic E-state index is 0.0468. The number of hydrogen-bond acceptors (Lipinski definition) is 5. The molecular weight excluding hydrogens is 296 g/mol. The third-order valence-corrected chi connectivity index (χ3v) is 5.53. The van der Waals surface area contributed by atoms with Crippen LogP contribution in [0.1, 0.15) is 12.8 Å². The lowest BCUT2D eigenvalue weighted by molar-refractivity contribution is -0.117. The molecule has 1 aromatic carbocycles. The highest BCUT2D eigenvalue weighted by molar-refractivity contribution is 7.22. The maximum absolute atomic E-state index is 12.2. The van der Waals surface area contributed by atoms with Crippen LogP contribution in [0.3, 0.4) is 0 Å². The minimum Gasteiger partial charge on any atom is -0.301 e. The van der Waals surface area contributed by atoms with Crippen LogP contribution in [-0.4, -0.2) is 59.5 Å². The summed E-state index contributed by atoms with van der Waals surface area (Å²) in [6, 6.07) is 8.62. The van der Waals surface area contributed by atoms with Crippen LogP contribution < -0.4 is 5.32 Å². The number of benzene rings is 1. The van der Waals surface area contributed by atoms with Crippen molar-refractivity contribution in [2.24, 2.45) is 0 Å². The van der Waals surface area contributed by atoms with E-state index in [0.717, 1.165) is 29.9 Å². The van der Waals surface area contributed by atoms with Crippen LogP contribution in [0.2, 0.25) is 0 Å². The largest absolute Gasteiger partial charge is 0.301 e. The van der Waals surface area contributed by atoms with Crippen LogP contribution in [0.25, 0.3) is 10.2 Å². The standard InChI is InChI=1S/C16H20N4OS/c21-15(11-19-8-9-20-7-3-4-12(20)10-19)18-16-17-13-5-1-2-6-14(13)22-16/h1-2,5-6,12H,3-4,7-11H2,(H,17,18,21). The number of amides is 1. The topological polar surface area (TPSA) is 48.5 Å². The number of nitrogens with one attached hydrogen (secondary N) is 1. The molecule has 3 heterocycles. The number of nitrogens with zero attached hydrogens (tertiary/aromatic N) is 3. The summed E-state index contributed by atoms with van der Waals surface area (Å²) in [6.07, 6.45) is 2.58. The first-order chi connectivity index (χ1) is 10.8. The molecular formula is C16H20N4OS. The van der Waals surface area contributed by atoms with Gasteiger partial charge >= 0.3 is 0 Å². The van der Waals surface area contributed by atoms with E-state index in [-0.39, 0.29) is 5.91 Å². The van der Waals surface area contributed by atoms with Crippen LogP contribution >= 0.6 is 11.3 Å². The highest BCUT2D eigenvalue weighted by Crippen LogP contribution is 2.25. The molecule has 1 atom stereocenters. The Kier molecular flexibility index (Phi) is 3.82. The van der Waals surface area contributed by atoms with Crippen molar-refractivity contribution in [3.8, 4) is 0 Å². The molecule has 2 aliphatic rings. The van der Waals surface area contributed by atoms with Crippen molar-refractivity contribution in [3.05, 3.63) is 24.3 Å². The van der Waals surface area contributed by atoms with Gasteiger partial charge in [0.25, 0.3) is 0 Å². The van der Waals surface area contributed by atoms with Gasteiger partial charge in [0, 0.05) is 25.7 Å². The molecule has 4 rings (SSSR count). The fourth-order valence-electron chi connectivity index (χ4n) is 3.49. The maximum atomic E-state index is 12.2. The highest BCUT2D eigenvalue weighted by Gasteiger charge is 2.31. The van der Waals surface area contributed by atoms with Crippen molar-refractivity contribution in [2.45, 2.75) is 18.9 Å². The molecule has 22 heavy (non-hydrogen) atoms. The van der Waals surface area contributed by atoms with Gasteiger partial charge in [-0.2, -0.15) is 0 Å². The molecule has 1 amide bonds. The van der Waals surface area contributed by atoms with Crippen LogP contribution in [0.4, 0.5) is 5.13 Å². The van der Waals surface area contributed by atoms with E-state index in [1.807, 2.05) is 24.3 Å². The van der Waals surface area contributed by atoms with E-state index in [4.69, 9.17) is 0 Å². The second kappa shape index (κ2) is 5.95. The third kappa shape index (κ3) is 2.86. The molecule has 0 bridgehead atoms. The quantitative estimate of drug-likeness (QED) is 0.941. The molecule has 2 aromatic rings. The Hall–Kier alpha value is -1.50. The molecule has 0 aliphatic carbocycles. The molecule has 2 saturated heterocycles. The first-order valence-corrected chi connectivity index (χ1v) is 8.71. The molecule has 0 saturated carbocycles. The van der Waals surface area contributed by atoms with E-state index in [2.05, 4.69) is 20.1 Å². The Morgan fingerprint density at radius 3 is 3.14 bits per heavy atom. The SMILES string of the molecule is O=C(CN1CCN2CCCC2C1)Nc1nc2ccccc2s1. The smallest absolute Gasteiger partial charge is 0.240 e. The average Bonchev–Trinajstić information content (AvgIpc) is 3.11. The van der Waals surface area contributed by atoms with Gasteiger partial charge in [0.1, 0.15) is 0 Å². The van der Waals surface area contributed by atoms with Crippen LogP contribution in [0.15, 0.2) is 24.3 Å². The van der Waals surface area contributed by atoms with Gasteiger partial charge in [-0.25, -0.2) is 4.98 Å². The Morgan fingerprint density at radius 1 is 1.32 bits per heavy atom. The maximum Gasteiger partial charge on any atom is 0.240 e. The molecule has 1 N–H and O–H groups in total. The molecule has 6 heteroatoms. The number of hydrogen-bond donors (Lipinski definition) is 1. The number of thiazole rings is 1. The zero-order chi connectivity index (χ0) is 14.9. The molecule has 1 unspecified atom stereocenters. The first kappa shape index (κ1) is 14.1. The van der Waals surface area contributed by atoms with Crippen molar-refractivity contribution in [1.82, 2.24) is 14.8 Å². The highest BCUT2D eigenvalue weighted by atomic mass is 32.1. The van der Waals surface area contributed by atoms with Gasteiger partial charge in [0.2, 0.25) is 5.91 Å². The summed E-state index contributed by atoms with van der Waals surface area (Å²) in [5.74, 6) is 0.0468. The summed E-state index contributed by atoms with van der Waals surface area (Å²) in [7, 11) is 0. The van der Waals surface area contributed by atoms with Gasteiger partial charge in [0.05, 0.1) is 16.8 Å². The number of fused-ring (bicyclic) bond motifs is 2. The van der Waals surface area contributed by atoms with Gasteiger partial charge in [-0.1, -0.05) is 23.5 Å². The van der Waals surface area contributed by atoms with Gasteiger partial charge in [-0.3, -0.25) is 14.6 Å². The van der Waals surface area contributed by atoms with Gasteiger partial charge in [-0.15, -0.1) is 0 Å². The number of carbonyl (C=O) groups excluding carboxylic acids is 1. The predicted molar refractivity (Wildman–Crippen MR) is 89.3 cm³/mol. The second-order valence-corrected chi connectivity index (χ2v) is 7.13. The first-order valence-electron chi connectivity index (χ1n) is 7.90. The predicted octanol–water partition coefficient (Wildman–Crippen LogP) is 2.01. The lowest BCUT2D eigenvalue weighted by Gasteiger charge is -2.36. The summed E-state index contributed by atoms with van der Waals surface area (Å²) in [5, 5.41) is 3.65. The Balaban J connectivity index is 1.36. The van der Waals surface area contributed by atoms with Crippen LogP contribution in [0.5, 0.6) is 0 Å². The van der Waals surface area contributed by atoms with Gasteiger partial charge in [0.15, 0.2) is 5.13 Å². The number of anilines is 1. The van der Waals surface area contributed by atoms with Crippen LogP contribution in [0, 0.1) is 0 Å². The van der Waals surface area contributed by atoms with Gasteiger partial charge < -0.3 is 5.32 Å². The Morgan fingerprint density at radius 2 is 2.23 bits per heavy atom. The van der Waals surface area contributed by atoms with E-state index < -0.39 is 0 Å². The van der Waals surface area contributed by atoms with Crippen molar-refractivity contribution >= 4 is 32.6 Å². The summed E-state index contributed by atoms with van der Waals surface area (Å²) in [4.78, 5) is 21.5. The number of aromatic nitrogens is 1. The summed E-state index contributed by atoms with van der Waals surface area (Å²) in [5.41, 5.74) is 0.947. The fraction of sp³-hybridized carbons (Fsp3) is 0.500. The molecule has 5 nitrogen and oxygen atoms in total. The molecule has 116 valence electrons. The minimum absolute atomic E-state index is 0.0468. The average molecular weight is 316 g/mol. The van der Waals surface area contributed by atoms with E-state index >= 15 is 0 Å². The monoisotopic (exact) mass is 316 g/mol. The molecule has 2 aliphatic heterocycles. The Bertz CT molecular complexity index is 653. The number of rotatable bonds is 3. The molecule has 1 aromatic heterocycles.